The normalized spacial score (nSPS) is 24.7. The van der Waals surface area contributed by atoms with Crippen molar-refractivity contribution in [1.82, 2.24) is 19.9 Å². The number of hydrogen-bond donors (Lipinski definition) is 3. The van der Waals surface area contributed by atoms with E-state index in [1.165, 1.54) is 10.9 Å². The van der Waals surface area contributed by atoms with Crippen LogP contribution in [0.2, 0.25) is 0 Å². The molecule has 2 fully saturated rings. The summed E-state index contributed by atoms with van der Waals surface area (Å²) in [7, 11) is 0. The van der Waals surface area contributed by atoms with Crippen molar-refractivity contribution in [3.8, 4) is 0 Å². The lowest BCUT2D eigenvalue weighted by Gasteiger charge is -2.30. The number of aliphatic hydroxyl groups is 2. The molecule has 140 valence electrons. The highest BCUT2D eigenvalue weighted by atomic mass is 16.3. The molecule has 1 saturated heterocycles. The summed E-state index contributed by atoms with van der Waals surface area (Å²) in [6, 6.07) is 1.89. The van der Waals surface area contributed by atoms with Crippen LogP contribution >= 0.6 is 0 Å². The molecule has 7 nitrogen and oxygen atoms in total. The summed E-state index contributed by atoms with van der Waals surface area (Å²) in [6.45, 7) is 2.96. The number of nitrogens with zero attached hydrogens (tertiary/aromatic N) is 3. The van der Waals surface area contributed by atoms with Gasteiger partial charge >= 0.3 is 0 Å². The maximum atomic E-state index is 12.9. The minimum atomic E-state index is -0.732. The lowest BCUT2D eigenvalue weighted by atomic mass is 9.96. The Hall–Kier alpha value is -1.83. The molecule has 0 unspecified atom stereocenters. The van der Waals surface area contributed by atoms with E-state index in [0.29, 0.717) is 23.4 Å². The number of pyridine rings is 1. The number of aryl methyl sites for hydroxylation is 1. The van der Waals surface area contributed by atoms with Crippen molar-refractivity contribution in [3.05, 3.63) is 34.0 Å². The van der Waals surface area contributed by atoms with Gasteiger partial charge in [-0.3, -0.25) is 9.36 Å². The quantitative estimate of drug-likeness (QED) is 0.732. The van der Waals surface area contributed by atoms with Gasteiger partial charge in [-0.2, -0.15) is 0 Å². The van der Waals surface area contributed by atoms with E-state index >= 15 is 0 Å². The van der Waals surface area contributed by atoms with Crippen LogP contribution in [-0.2, 0) is 6.54 Å². The Bertz CT molecular complexity index is 862. The Balaban J connectivity index is 1.56. The molecule has 1 aliphatic carbocycles. The molecule has 0 aromatic carbocycles. The number of aliphatic hydroxyl groups excluding tert-OH is 2. The van der Waals surface area contributed by atoms with Gasteiger partial charge in [-0.05, 0) is 57.2 Å². The average molecular weight is 358 g/mol. The molecule has 26 heavy (non-hydrogen) atoms. The molecule has 2 aromatic rings. The van der Waals surface area contributed by atoms with Gasteiger partial charge in [0.1, 0.15) is 0 Å². The Morgan fingerprint density at radius 2 is 2.15 bits per heavy atom. The maximum absolute atomic E-state index is 12.9. The van der Waals surface area contributed by atoms with Gasteiger partial charge in [-0.15, -0.1) is 0 Å². The summed E-state index contributed by atoms with van der Waals surface area (Å²) in [4.78, 5) is 21.8. The first-order valence-electron chi connectivity index (χ1n) is 9.49. The molecular formula is C19H26N4O3. The van der Waals surface area contributed by atoms with Crippen molar-refractivity contribution in [1.29, 1.82) is 0 Å². The van der Waals surface area contributed by atoms with Crippen LogP contribution in [0.25, 0.3) is 11.0 Å². The van der Waals surface area contributed by atoms with Crippen LogP contribution in [0, 0.1) is 6.92 Å². The second-order valence-electron chi connectivity index (χ2n) is 7.70. The van der Waals surface area contributed by atoms with Crippen LogP contribution in [0.3, 0.4) is 0 Å². The van der Waals surface area contributed by atoms with Gasteiger partial charge in [-0.25, -0.2) is 9.97 Å². The minimum Gasteiger partial charge on any atom is -0.392 e. The third kappa shape index (κ3) is 3.51. The average Bonchev–Trinajstić information content (AvgIpc) is 3.45. The van der Waals surface area contributed by atoms with Gasteiger partial charge in [-0.1, -0.05) is 0 Å². The van der Waals surface area contributed by atoms with Crippen LogP contribution in [0.1, 0.15) is 49.3 Å². The van der Waals surface area contributed by atoms with Crippen molar-refractivity contribution in [2.24, 2.45) is 0 Å². The summed E-state index contributed by atoms with van der Waals surface area (Å²) in [5, 5.41) is 23.7. The lowest BCUT2D eigenvalue weighted by Crippen LogP contribution is -2.47. The van der Waals surface area contributed by atoms with E-state index in [2.05, 4.69) is 15.3 Å². The summed E-state index contributed by atoms with van der Waals surface area (Å²) in [5.41, 5.74) is 2.75. The van der Waals surface area contributed by atoms with E-state index < -0.39 is 12.2 Å². The van der Waals surface area contributed by atoms with Gasteiger partial charge in [0, 0.05) is 17.7 Å². The standard InChI is InChI=1S/C19H26N4O3/c1-11-7-14(12-4-5-12)22-18-17(11)21-10-23(19(18)26)9-13(24)8-15-16(25)3-2-6-20-15/h7,10,12-13,15-16,20,24-25H,2-6,8-9H2,1H3/t13-,15+,16-/m0/s1. The zero-order valence-corrected chi connectivity index (χ0v) is 15.1. The van der Waals surface area contributed by atoms with E-state index in [9.17, 15) is 15.0 Å². The van der Waals surface area contributed by atoms with E-state index in [-0.39, 0.29) is 18.1 Å². The van der Waals surface area contributed by atoms with Crippen molar-refractivity contribution in [2.45, 2.75) is 69.7 Å². The molecule has 0 spiro atoms. The number of hydrogen-bond acceptors (Lipinski definition) is 6. The Morgan fingerprint density at radius 3 is 2.88 bits per heavy atom. The Labute approximate surface area is 152 Å². The summed E-state index contributed by atoms with van der Waals surface area (Å²) < 4.78 is 1.44. The van der Waals surface area contributed by atoms with Gasteiger partial charge in [0.25, 0.3) is 5.56 Å². The first-order chi connectivity index (χ1) is 12.5. The van der Waals surface area contributed by atoms with Crippen molar-refractivity contribution < 1.29 is 10.2 Å². The van der Waals surface area contributed by atoms with Gasteiger partial charge in [0.2, 0.25) is 0 Å². The molecule has 7 heteroatoms. The van der Waals surface area contributed by atoms with Gasteiger partial charge in [0.05, 0.1) is 30.6 Å². The number of piperidine rings is 1. The van der Waals surface area contributed by atoms with E-state index in [4.69, 9.17) is 0 Å². The lowest BCUT2D eigenvalue weighted by molar-refractivity contribution is 0.0539. The molecule has 0 amide bonds. The van der Waals surface area contributed by atoms with E-state index in [1.54, 1.807) is 0 Å². The first-order valence-corrected chi connectivity index (χ1v) is 9.49. The van der Waals surface area contributed by atoms with E-state index in [0.717, 1.165) is 43.5 Å². The maximum Gasteiger partial charge on any atom is 0.279 e. The highest BCUT2D eigenvalue weighted by molar-refractivity contribution is 5.76. The molecule has 3 heterocycles. The molecule has 2 aromatic heterocycles. The molecule has 3 atom stereocenters. The van der Waals surface area contributed by atoms with Crippen LogP contribution < -0.4 is 10.9 Å². The second kappa shape index (κ2) is 7.06. The number of aromatic nitrogens is 3. The summed E-state index contributed by atoms with van der Waals surface area (Å²) >= 11 is 0. The zero-order chi connectivity index (χ0) is 18.3. The molecule has 0 bridgehead atoms. The molecule has 2 aliphatic rings. The van der Waals surface area contributed by atoms with Gasteiger partial charge < -0.3 is 15.5 Å². The SMILES string of the molecule is Cc1cc(C2CC2)nc2c(=O)n(C[C@@H](O)C[C@H]3NCCC[C@@H]3O)cnc12. The van der Waals surface area contributed by atoms with Crippen molar-refractivity contribution in [3.63, 3.8) is 0 Å². The number of rotatable bonds is 5. The first kappa shape index (κ1) is 17.6. The monoisotopic (exact) mass is 358 g/mol. The Morgan fingerprint density at radius 1 is 1.35 bits per heavy atom. The molecule has 1 aliphatic heterocycles. The zero-order valence-electron chi connectivity index (χ0n) is 15.1. The predicted octanol–water partition coefficient (Wildman–Crippen LogP) is 0.841. The number of fused-ring (bicyclic) bond motifs is 1. The fourth-order valence-corrected chi connectivity index (χ4v) is 3.81. The topological polar surface area (TPSA) is 100 Å². The second-order valence-corrected chi connectivity index (χ2v) is 7.70. The fraction of sp³-hybridized carbons (Fsp3) is 0.632. The Kier molecular flexibility index (Phi) is 4.77. The molecule has 1 saturated carbocycles. The fourth-order valence-electron chi connectivity index (χ4n) is 3.81. The summed E-state index contributed by atoms with van der Waals surface area (Å²) in [6.07, 6.45) is 4.65. The third-order valence-corrected chi connectivity index (χ3v) is 5.47. The van der Waals surface area contributed by atoms with Crippen LogP contribution in [-0.4, -0.2) is 49.5 Å². The van der Waals surface area contributed by atoms with Crippen LogP contribution in [0.4, 0.5) is 0 Å². The molecule has 0 radical (unpaired) electrons. The highest BCUT2D eigenvalue weighted by Gasteiger charge is 2.27. The highest BCUT2D eigenvalue weighted by Crippen LogP contribution is 2.39. The van der Waals surface area contributed by atoms with Crippen molar-refractivity contribution in [2.75, 3.05) is 6.54 Å². The largest absolute Gasteiger partial charge is 0.392 e. The van der Waals surface area contributed by atoms with Crippen LogP contribution in [0.15, 0.2) is 17.2 Å². The smallest absolute Gasteiger partial charge is 0.279 e. The summed E-state index contributed by atoms with van der Waals surface area (Å²) in [5.74, 6) is 0.468. The minimum absolute atomic E-state index is 0.135. The molecular weight excluding hydrogens is 332 g/mol. The van der Waals surface area contributed by atoms with Crippen molar-refractivity contribution >= 4 is 11.0 Å². The number of nitrogens with one attached hydrogen (secondary N) is 1. The van der Waals surface area contributed by atoms with E-state index in [1.807, 2.05) is 13.0 Å². The third-order valence-electron chi connectivity index (χ3n) is 5.47. The molecule has 4 rings (SSSR count). The van der Waals surface area contributed by atoms with Gasteiger partial charge in [0.15, 0.2) is 5.52 Å². The predicted molar refractivity (Wildman–Crippen MR) is 98.2 cm³/mol. The molecule has 3 N–H and O–H groups in total. The van der Waals surface area contributed by atoms with Crippen LogP contribution in [0.5, 0.6) is 0 Å².